The third-order valence-corrected chi connectivity index (χ3v) is 3.15. The highest BCUT2D eigenvalue weighted by atomic mass is 16.5. The van der Waals surface area contributed by atoms with Crippen molar-refractivity contribution in [3.8, 4) is 17.2 Å². The largest absolute Gasteiger partial charge is 0.497 e. The smallest absolute Gasteiger partial charge is 0.259 e. The number of carbonyl (C=O) groups is 1. The van der Waals surface area contributed by atoms with Gasteiger partial charge in [-0.1, -0.05) is 12.1 Å². The van der Waals surface area contributed by atoms with E-state index in [1.807, 2.05) is 32.0 Å². The maximum Gasteiger partial charge on any atom is 0.259 e. The van der Waals surface area contributed by atoms with Gasteiger partial charge in [-0.3, -0.25) is 4.79 Å². The molecule has 5 nitrogen and oxygen atoms in total. The summed E-state index contributed by atoms with van der Waals surface area (Å²) in [5.41, 5.74) is 1.00. The number of benzene rings is 2. The van der Waals surface area contributed by atoms with Gasteiger partial charge in [0.1, 0.15) is 17.2 Å². The lowest BCUT2D eigenvalue weighted by atomic mass is 10.1. The van der Waals surface area contributed by atoms with Gasteiger partial charge >= 0.3 is 0 Å². The second kappa shape index (κ2) is 7.54. The van der Waals surface area contributed by atoms with E-state index in [-0.39, 0.29) is 12.0 Å². The fourth-order valence-corrected chi connectivity index (χ4v) is 2.11. The molecule has 0 spiro atoms. The minimum absolute atomic E-state index is 0.0133. The van der Waals surface area contributed by atoms with Crippen molar-refractivity contribution in [3.63, 3.8) is 0 Å². The second-order valence-electron chi connectivity index (χ2n) is 5.18. The average Bonchev–Trinajstić information content (AvgIpc) is 2.55. The second-order valence-corrected chi connectivity index (χ2v) is 5.18. The molecule has 0 saturated heterocycles. The molecule has 0 aromatic heterocycles. The molecule has 2 aromatic rings. The van der Waals surface area contributed by atoms with Gasteiger partial charge in [0, 0.05) is 0 Å². The molecular weight excluding hydrogens is 294 g/mol. The van der Waals surface area contributed by atoms with E-state index >= 15 is 0 Å². The van der Waals surface area contributed by atoms with Crippen molar-refractivity contribution in [2.24, 2.45) is 0 Å². The highest BCUT2D eigenvalue weighted by Gasteiger charge is 2.16. The molecule has 0 aliphatic rings. The van der Waals surface area contributed by atoms with Gasteiger partial charge in [-0.15, -0.1) is 0 Å². The summed E-state index contributed by atoms with van der Waals surface area (Å²) < 4.78 is 16.1. The maximum absolute atomic E-state index is 12.6. The molecule has 0 aliphatic carbocycles. The Hall–Kier alpha value is -2.69. The Labute approximate surface area is 136 Å². The van der Waals surface area contributed by atoms with Crippen LogP contribution >= 0.6 is 0 Å². The molecule has 2 aromatic carbocycles. The number of amides is 1. The van der Waals surface area contributed by atoms with Crippen LogP contribution in [0, 0.1) is 0 Å². The van der Waals surface area contributed by atoms with Crippen LogP contribution in [-0.2, 0) is 0 Å². The summed E-state index contributed by atoms with van der Waals surface area (Å²) in [5.74, 6) is 1.39. The maximum atomic E-state index is 12.6. The van der Waals surface area contributed by atoms with E-state index < -0.39 is 0 Å². The fourth-order valence-electron chi connectivity index (χ4n) is 2.11. The van der Waals surface area contributed by atoms with E-state index in [1.54, 1.807) is 31.4 Å². The topological polar surface area (TPSA) is 56.8 Å². The molecular formula is C18H21NO4. The van der Waals surface area contributed by atoms with Gasteiger partial charge in [0.25, 0.3) is 5.91 Å². The van der Waals surface area contributed by atoms with Gasteiger partial charge in [-0.25, -0.2) is 0 Å². The minimum Gasteiger partial charge on any atom is -0.497 e. The van der Waals surface area contributed by atoms with E-state index in [4.69, 9.17) is 14.2 Å². The predicted molar refractivity (Wildman–Crippen MR) is 89.7 cm³/mol. The summed E-state index contributed by atoms with van der Waals surface area (Å²) in [7, 11) is 3.07. The number of nitrogens with one attached hydrogen (secondary N) is 1. The van der Waals surface area contributed by atoms with Gasteiger partial charge in [0.15, 0.2) is 0 Å². The van der Waals surface area contributed by atoms with E-state index in [9.17, 15) is 4.79 Å². The highest BCUT2D eigenvalue weighted by Crippen LogP contribution is 2.28. The zero-order valence-corrected chi connectivity index (χ0v) is 13.8. The van der Waals surface area contributed by atoms with Crippen molar-refractivity contribution >= 4 is 11.6 Å². The highest BCUT2D eigenvalue weighted by molar-refractivity contribution is 6.07. The van der Waals surface area contributed by atoms with Gasteiger partial charge in [0.05, 0.1) is 31.6 Å². The molecule has 0 atom stereocenters. The number of hydrogen-bond donors (Lipinski definition) is 1. The zero-order valence-electron chi connectivity index (χ0n) is 13.8. The summed E-state index contributed by atoms with van der Waals surface area (Å²) in [6.07, 6.45) is 0.0133. The van der Waals surface area contributed by atoms with Crippen molar-refractivity contribution in [3.05, 3.63) is 48.0 Å². The number of methoxy groups -OCH3 is 2. The Bertz CT molecular complexity index is 682. The first-order valence-electron chi connectivity index (χ1n) is 7.34. The normalized spacial score (nSPS) is 10.3. The van der Waals surface area contributed by atoms with Gasteiger partial charge in [0.2, 0.25) is 0 Å². The number of anilines is 1. The standard InChI is InChI=1S/C18H21NO4/c1-12(2)23-17-8-6-5-7-15(17)19-18(20)14-11-13(21-3)9-10-16(14)22-4/h5-12H,1-4H3,(H,19,20). The molecule has 0 fully saturated rings. The predicted octanol–water partition coefficient (Wildman–Crippen LogP) is 3.74. The molecule has 0 bridgehead atoms. The van der Waals surface area contributed by atoms with Crippen molar-refractivity contribution in [2.75, 3.05) is 19.5 Å². The van der Waals surface area contributed by atoms with Crippen LogP contribution in [0.25, 0.3) is 0 Å². The first kappa shape index (κ1) is 16.7. The third kappa shape index (κ3) is 4.16. The molecule has 23 heavy (non-hydrogen) atoms. The van der Waals surface area contributed by atoms with Crippen LogP contribution in [0.1, 0.15) is 24.2 Å². The fraction of sp³-hybridized carbons (Fsp3) is 0.278. The summed E-state index contributed by atoms with van der Waals surface area (Å²) in [6, 6.07) is 12.4. The van der Waals surface area contributed by atoms with Crippen LogP contribution in [0.5, 0.6) is 17.2 Å². The quantitative estimate of drug-likeness (QED) is 0.882. The molecule has 0 saturated carbocycles. The Balaban J connectivity index is 2.29. The van der Waals surface area contributed by atoms with Crippen LogP contribution in [0.2, 0.25) is 0 Å². The molecule has 0 heterocycles. The SMILES string of the molecule is COc1ccc(OC)c(C(=O)Nc2ccccc2OC(C)C)c1. The van der Waals surface area contributed by atoms with E-state index in [0.29, 0.717) is 28.5 Å². The molecule has 0 radical (unpaired) electrons. The van der Waals surface area contributed by atoms with Crippen molar-refractivity contribution in [1.82, 2.24) is 0 Å². The molecule has 0 unspecified atom stereocenters. The number of para-hydroxylation sites is 2. The molecule has 0 aliphatic heterocycles. The van der Waals surface area contributed by atoms with Crippen LogP contribution in [0.15, 0.2) is 42.5 Å². The first-order valence-corrected chi connectivity index (χ1v) is 7.34. The van der Waals surface area contributed by atoms with Crippen molar-refractivity contribution < 1.29 is 19.0 Å². The van der Waals surface area contributed by atoms with Gasteiger partial charge in [-0.05, 0) is 44.2 Å². The molecule has 5 heteroatoms. The number of hydrogen-bond acceptors (Lipinski definition) is 4. The third-order valence-electron chi connectivity index (χ3n) is 3.15. The van der Waals surface area contributed by atoms with Crippen LogP contribution < -0.4 is 19.5 Å². The zero-order chi connectivity index (χ0) is 16.8. The number of rotatable bonds is 6. The van der Waals surface area contributed by atoms with Crippen LogP contribution in [-0.4, -0.2) is 26.2 Å². The summed E-state index contributed by atoms with van der Waals surface area (Å²) >= 11 is 0. The van der Waals surface area contributed by atoms with Crippen molar-refractivity contribution in [1.29, 1.82) is 0 Å². The van der Waals surface area contributed by atoms with Crippen LogP contribution in [0.3, 0.4) is 0 Å². The molecule has 2 rings (SSSR count). The lowest BCUT2D eigenvalue weighted by Gasteiger charge is -2.15. The summed E-state index contributed by atoms with van der Waals surface area (Å²) in [6.45, 7) is 3.87. The van der Waals surface area contributed by atoms with Crippen LogP contribution in [0.4, 0.5) is 5.69 Å². The van der Waals surface area contributed by atoms with E-state index in [2.05, 4.69) is 5.32 Å². The summed E-state index contributed by atoms with van der Waals surface area (Å²) in [5, 5.41) is 2.86. The molecule has 1 amide bonds. The monoisotopic (exact) mass is 315 g/mol. The lowest BCUT2D eigenvalue weighted by molar-refractivity contribution is 0.102. The first-order chi connectivity index (χ1) is 11.0. The minimum atomic E-state index is -0.291. The van der Waals surface area contributed by atoms with Crippen molar-refractivity contribution in [2.45, 2.75) is 20.0 Å². The number of ether oxygens (including phenoxy) is 3. The van der Waals surface area contributed by atoms with E-state index in [0.717, 1.165) is 0 Å². The van der Waals surface area contributed by atoms with Gasteiger partial charge < -0.3 is 19.5 Å². The molecule has 1 N–H and O–H groups in total. The Morgan fingerprint density at radius 1 is 1.00 bits per heavy atom. The van der Waals surface area contributed by atoms with Gasteiger partial charge in [-0.2, -0.15) is 0 Å². The Morgan fingerprint density at radius 3 is 2.39 bits per heavy atom. The molecule has 122 valence electrons. The summed E-state index contributed by atoms with van der Waals surface area (Å²) in [4.78, 5) is 12.6. The lowest BCUT2D eigenvalue weighted by Crippen LogP contribution is -2.15. The Kier molecular flexibility index (Phi) is 5.46. The van der Waals surface area contributed by atoms with E-state index in [1.165, 1.54) is 7.11 Å². The average molecular weight is 315 g/mol. The Morgan fingerprint density at radius 2 is 1.74 bits per heavy atom. The number of carbonyl (C=O) groups excluding carboxylic acids is 1.